The summed E-state index contributed by atoms with van der Waals surface area (Å²) in [6.45, 7) is 0. The molecule has 1 amide bonds. The Hall–Kier alpha value is -3.02. The third-order valence-electron chi connectivity index (χ3n) is 3.68. The van der Waals surface area contributed by atoms with E-state index < -0.39 is 17.8 Å². The molecule has 1 heterocycles. The molecule has 4 nitrogen and oxygen atoms in total. The van der Waals surface area contributed by atoms with Gasteiger partial charge >= 0.3 is 0 Å². The molecule has 0 aliphatic carbocycles. The summed E-state index contributed by atoms with van der Waals surface area (Å²) < 4.78 is 28.3. The number of imidazole rings is 1. The SMILES string of the molecule is Cn1ccnc1C(NC(=O)c1cccc(F)c1)c1ccc(F)cc1. The van der Waals surface area contributed by atoms with Crippen molar-refractivity contribution in [2.75, 3.05) is 0 Å². The molecule has 0 fully saturated rings. The molecule has 0 aliphatic rings. The molecular formula is C18H15F2N3O. The van der Waals surface area contributed by atoms with Crippen LogP contribution < -0.4 is 5.32 Å². The fraction of sp³-hybridized carbons (Fsp3) is 0.111. The summed E-state index contributed by atoms with van der Waals surface area (Å²) in [6.07, 6.45) is 3.36. The van der Waals surface area contributed by atoms with Crippen LogP contribution in [0.1, 0.15) is 27.8 Å². The lowest BCUT2D eigenvalue weighted by atomic mass is 10.1. The molecule has 0 saturated heterocycles. The molecular weight excluding hydrogens is 312 g/mol. The van der Waals surface area contributed by atoms with Crippen molar-refractivity contribution in [3.05, 3.63) is 89.5 Å². The van der Waals surface area contributed by atoms with Gasteiger partial charge in [-0.05, 0) is 35.9 Å². The maximum atomic E-state index is 13.3. The maximum Gasteiger partial charge on any atom is 0.252 e. The smallest absolute Gasteiger partial charge is 0.252 e. The Balaban J connectivity index is 1.95. The van der Waals surface area contributed by atoms with E-state index in [1.54, 1.807) is 36.1 Å². The average Bonchev–Trinajstić information content (AvgIpc) is 2.99. The molecule has 0 aliphatic heterocycles. The predicted molar refractivity (Wildman–Crippen MR) is 85.3 cm³/mol. The molecule has 0 bridgehead atoms. The number of hydrogen-bond donors (Lipinski definition) is 1. The van der Waals surface area contributed by atoms with Crippen LogP contribution in [-0.4, -0.2) is 15.5 Å². The number of benzene rings is 2. The third kappa shape index (κ3) is 3.32. The summed E-state index contributed by atoms with van der Waals surface area (Å²) in [4.78, 5) is 16.7. The van der Waals surface area contributed by atoms with Gasteiger partial charge in [-0.1, -0.05) is 18.2 Å². The van der Waals surface area contributed by atoms with Gasteiger partial charge in [0.05, 0.1) is 0 Å². The zero-order valence-electron chi connectivity index (χ0n) is 12.9. The summed E-state index contributed by atoms with van der Waals surface area (Å²) in [5.74, 6) is -0.704. The van der Waals surface area contributed by atoms with Crippen molar-refractivity contribution in [2.45, 2.75) is 6.04 Å². The number of carbonyl (C=O) groups is 1. The van der Waals surface area contributed by atoms with Crippen LogP contribution in [0.25, 0.3) is 0 Å². The normalized spacial score (nSPS) is 12.0. The Morgan fingerprint density at radius 2 is 1.88 bits per heavy atom. The molecule has 1 aromatic heterocycles. The summed E-state index contributed by atoms with van der Waals surface area (Å²) >= 11 is 0. The van der Waals surface area contributed by atoms with Gasteiger partial charge in [-0.25, -0.2) is 13.8 Å². The van der Waals surface area contributed by atoms with E-state index in [9.17, 15) is 13.6 Å². The van der Waals surface area contributed by atoms with Gasteiger partial charge in [0.1, 0.15) is 23.5 Å². The standard InChI is InChI=1S/C18H15F2N3O/c1-23-10-9-21-17(23)16(12-5-7-14(19)8-6-12)22-18(24)13-3-2-4-15(20)11-13/h2-11,16H,1H3,(H,22,24). The number of amides is 1. The number of hydrogen-bond acceptors (Lipinski definition) is 2. The molecule has 2 aromatic carbocycles. The maximum absolute atomic E-state index is 13.3. The van der Waals surface area contributed by atoms with Gasteiger partial charge in [-0.2, -0.15) is 0 Å². The Kier molecular flexibility index (Phi) is 4.37. The molecule has 3 rings (SSSR count). The fourth-order valence-corrected chi connectivity index (χ4v) is 2.45. The molecule has 1 atom stereocenters. The second-order valence-corrected chi connectivity index (χ2v) is 5.36. The quantitative estimate of drug-likeness (QED) is 0.800. The van der Waals surface area contributed by atoms with Crippen LogP contribution in [0.4, 0.5) is 8.78 Å². The first kappa shape index (κ1) is 15.9. The van der Waals surface area contributed by atoms with E-state index in [4.69, 9.17) is 0 Å². The second-order valence-electron chi connectivity index (χ2n) is 5.36. The highest BCUT2D eigenvalue weighted by molar-refractivity contribution is 5.94. The zero-order chi connectivity index (χ0) is 17.1. The Bertz CT molecular complexity index is 859. The summed E-state index contributed by atoms with van der Waals surface area (Å²) in [7, 11) is 1.80. The second kappa shape index (κ2) is 6.62. The summed E-state index contributed by atoms with van der Waals surface area (Å²) in [5.41, 5.74) is 0.881. The Morgan fingerprint density at radius 1 is 1.12 bits per heavy atom. The molecule has 0 radical (unpaired) electrons. The van der Waals surface area contributed by atoms with Crippen molar-refractivity contribution in [1.82, 2.24) is 14.9 Å². The van der Waals surface area contributed by atoms with Gasteiger partial charge in [-0.15, -0.1) is 0 Å². The number of carbonyl (C=O) groups excluding carboxylic acids is 1. The minimum absolute atomic E-state index is 0.205. The van der Waals surface area contributed by atoms with Crippen molar-refractivity contribution < 1.29 is 13.6 Å². The first-order chi connectivity index (χ1) is 11.5. The number of aryl methyl sites for hydroxylation is 1. The Morgan fingerprint density at radius 3 is 2.50 bits per heavy atom. The first-order valence-corrected chi connectivity index (χ1v) is 7.34. The van der Waals surface area contributed by atoms with Gasteiger partial charge in [-0.3, -0.25) is 4.79 Å². The molecule has 1 unspecified atom stereocenters. The van der Waals surface area contributed by atoms with Gasteiger partial charge in [0.15, 0.2) is 0 Å². The average molecular weight is 327 g/mol. The minimum Gasteiger partial charge on any atom is -0.338 e. The molecule has 0 spiro atoms. The van der Waals surface area contributed by atoms with Crippen LogP contribution >= 0.6 is 0 Å². The van der Waals surface area contributed by atoms with Crippen LogP contribution in [0.2, 0.25) is 0 Å². The molecule has 3 aromatic rings. The van der Waals surface area contributed by atoms with E-state index in [0.29, 0.717) is 11.4 Å². The lowest BCUT2D eigenvalue weighted by Gasteiger charge is -2.19. The number of halogens is 2. The predicted octanol–water partition coefficient (Wildman–Crippen LogP) is 3.22. The van der Waals surface area contributed by atoms with Crippen molar-refractivity contribution in [3.8, 4) is 0 Å². The van der Waals surface area contributed by atoms with Gasteiger partial charge < -0.3 is 9.88 Å². The zero-order valence-corrected chi connectivity index (χ0v) is 12.9. The summed E-state index contributed by atoms with van der Waals surface area (Å²) in [5, 5.41) is 2.83. The topological polar surface area (TPSA) is 46.9 Å². The number of rotatable bonds is 4. The largest absolute Gasteiger partial charge is 0.338 e. The van der Waals surface area contributed by atoms with Gasteiger partial charge in [0.2, 0.25) is 0 Å². The van der Waals surface area contributed by atoms with Crippen molar-refractivity contribution in [2.24, 2.45) is 7.05 Å². The lowest BCUT2D eigenvalue weighted by molar-refractivity contribution is 0.0940. The molecule has 6 heteroatoms. The van der Waals surface area contributed by atoms with Crippen molar-refractivity contribution in [3.63, 3.8) is 0 Å². The molecule has 0 saturated carbocycles. The first-order valence-electron chi connectivity index (χ1n) is 7.34. The third-order valence-corrected chi connectivity index (χ3v) is 3.68. The van der Waals surface area contributed by atoms with Crippen molar-refractivity contribution in [1.29, 1.82) is 0 Å². The fourth-order valence-electron chi connectivity index (χ4n) is 2.45. The molecule has 1 N–H and O–H groups in total. The molecule has 122 valence electrons. The van der Waals surface area contributed by atoms with Crippen LogP contribution in [0.5, 0.6) is 0 Å². The highest BCUT2D eigenvalue weighted by Gasteiger charge is 2.21. The van der Waals surface area contributed by atoms with E-state index in [1.165, 1.54) is 30.3 Å². The number of aromatic nitrogens is 2. The lowest BCUT2D eigenvalue weighted by Crippen LogP contribution is -2.31. The van der Waals surface area contributed by atoms with E-state index >= 15 is 0 Å². The van der Waals surface area contributed by atoms with Crippen LogP contribution in [-0.2, 0) is 7.05 Å². The summed E-state index contributed by atoms with van der Waals surface area (Å²) in [6, 6.07) is 10.7. The van der Waals surface area contributed by atoms with Gasteiger partial charge in [0, 0.05) is 25.0 Å². The van der Waals surface area contributed by atoms with E-state index in [-0.39, 0.29) is 11.4 Å². The highest BCUT2D eigenvalue weighted by Crippen LogP contribution is 2.21. The van der Waals surface area contributed by atoms with Crippen LogP contribution in [0, 0.1) is 11.6 Å². The number of nitrogens with one attached hydrogen (secondary N) is 1. The van der Waals surface area contributed by atoms with Crippen molar-refractivity contribution >= 4 is 5.91 Å². The van der Waals surface area contributed by atoms with E-state index in [1.807, 2.05) is 0 Å². The number of nitrogens with zero attached hydrogens (tertiary/aromatic N) is 2. The van der Waals surface area contributed by atoms with Gasteiger partial charge in [0.25, 0.3) is 5.91 Å². The highest BCUT2D eigenvalue weighted by atomic mass is 19.1. The Labute approximate surface area is 137 Å². The minimum atomic E-state index is -0.582. The van der Waals surface area contributed by atoms with Crippen LogP contribution in [0.15, 0.2) is 60.9 Å². The van der Waals surface area contributed by atoms with E-state index in [2.05, 4.69) is 10.3 Å². The van der Waals surface area contributed by atoms with Crippen LogP contribution in [0.3, 0.4) is 0 Å². The van der Waals surface area contributed by atoms with E-state index in [0.717, 1.165) is 6.07 Å². The molecule has 24 heavy (non-hydrogen) atoms. The monoisotopic (exact) mass is 327 g/mol.